The van der Waals surface area contributed by atoms with Crippen molar-refractivity contribution in [3.8, 4) is 0 Å². The van der Waals surface area contributed by atoms with Crippen LogP contribution in [-0.2, 0) is 9.59 Å². The van der Waals surface area contributed by atoms with Gasteiger partial charge in [0, 0.05) is 13.0 Å². The third-order valence-corrected chi connectivity index (χ3v) is 4.56. The van der Waals surface area contributed by atoms with E-state index in [-0.39, 0.29) is 12.3 Å². The van der Waals surface area contributed by atoms with Crippen LogP contribution in [0.1, 0.15) is 57.8 Å². The highest BCUT2D eigenvalue weighted by Gasteiger charge is 2.35. The zero-order valence-corrected chi connectivity index (χ0v) is 12.2. The molecule has 2 N–H and O–H groups in total. The van der Waals surface area contributed by atoms with Gasteiger partial charge < -0.3 is 15.3 Å². The number of nitrogens with one attached hydrogen (secondary N) is 1. The van der Waals surface area contributed by atoms with Crippen LogP contribution in [0.2, 0.25) is 0 Å². The number of amides is 1. The van der Waals surface area contributed by atoms with Crippen molar-refractivity contribution in [1.82, 2.24) is 10.2 Å². The van der Waals surface area contributed by atoms with Crippen LogP contribution in [0.3, 0.4) is 0 Å². The fraction of sp³-hybridized carbons (Fsp3) is 0.867. The summed E-state index contributed by atoms with van der Waals surface area (Å²) < 4.78 is 0. The van der Waals surface area contributed by atoms with Crippen LogP contribution < -0.4 is 5.32 Å². The van der Waals surface area contributed by atoms with E-state index in [9.17, 15) is 9.59 Å². The summed E-state index contributed by atoms with van der Waals surface area (Å²) in [6, 6.07) is 0. The van der Waals surface area contributed by atoms with Crippen LogP contribution in [0, 0.1) is 0 Å². The number of nitrogens with zero attached hydrogens (tertiary/aromatic N) is 1. The van der Waals surface area contributed by atoms with Crippen molar-refractivity contribution in [3.63, 3.8) is 0 Å². The van der Waals surface area contributed by atoms with Crippen molar-refractivity contribution in [3.05, 3.63) is 0 Å². The minimum atomic E-state index is -0.813. The van der Waals surface area contributed by atoms with Crippen LogP contribution in [0.15, 0.2) is 0 Å². The molecule has 0 unspecified atom stereocenters. The summed E-state index contributed by atoms with van der Waals surface area (Å²) in [4.78, 5) is 25.5. The molecule has 2 fully saturated rings. The summed E-state index contributed by atoms with van der Waals surface area (Å²) in [7, 11) is 0. The summed E-state index contributed by atoms with van der Waals surface area (Å²) >= 11 is 0. The number of carboxylic acids is 1. The largest absolute Gasteiger partial charge is 0.481 e. The highest BCUT2D eigenvalue weighted by atomic mass is 16.4. The zero-order valence-electron chi connectivity index (χ0n) is 12.2. The van der Waals surface area contributed by atoms with Gasteiger partial charge in [0.25, 0.3) is 0 Å². The van der Waals surface area contributed by atoms with Crippen LogP contribution in [0.25, 0.3) is 0 Å². The molecule has 1 amide bonds. The Morgan fingerprint density at radius 1 is 1.05 bits per heavy atom. The van der Waals surface area contributed by atoms with Crippen molar-refractivity contribution in [1.29, 1.82) is 0 Å². The normalized spacial score (nSPS) is 22.6. The van der Waals surface area contributed by atoms with Gasteiger partial charge in [-0.1, -0.05) is 19.3 Å². The highest BCUT2D eigenvalue weighted by Crippen LogP contribution is 2.31. The highest BCUT2D eigenvalue weighted by molar-refractivity contribution is 5.78. The molecular formula is C15H26N2O3. The molecule has 114 valence electrons. The van der Waals surface area contributed by atoms with Crippen molar-refractivity contribution in [2.45, 2.75) is 63.3 Å². The maximum Gasteiger partial charge on any atom is 0.305 e. The van der Waals surface area contributed by atoms with E-state index in [0.29, 0.717) is 6.42 Å². The monoisotopic (exact) mass is 282 g/mol. The van der Waals surface area contributed by atoms with E-state index in [0.717, 1.165) is 51.7 Å². The molecule has 5 heteroatoms. The van der Waals surface area contributed by atoms with Gasteiger partial charge in [-0.25, -0.2) is 0 Å². The number of carbonyl (C=O) groups is 2. The molecule has 1 saturated carbocycles. The quantitative estimate of drug-likeness (QED) is 0.779. The first-order valence-corrected chi connectivity index (χ1v) is 7.85. The first kappa shape index (κ1) is 15.3. The molecule has 1 aliphatic carbocycles. The first-order valence-electron chi connectivity index (χ1n) is 7.85. The second kappa shape index (κ2) is 7.07. The number of hydrogen-bond acceptors (Lipinski definition) is 3. The first-order chi connectivity index (χ1) is 9.60. The van der Waals surface area contributed by atoms with Gasteiger partial charge in [-0.3, -0.25) is 9.59 Å². The Morgan fingerprint density at radius 3 is 2.30 bits per heavy atom. The smallest absolute Gasteiger partial charge is 0.305 e. The predicted molar refractivity (Wildman–Crippen MR) is 76.5 cm³/mol. The molecule has 0 bridgehead atoms. The van der Waals surface area contributed by atoms with Crippen molar-refractivity contribution >= 4 is 11.9 Å². The lowest BCUT2D eigenvalue weighted by molar-refractivity contribution is -0.139. The Balaban J connectivity index is 1.82. The number of rotatable bonds is 6. The lowest BCUT2D eigenvalue weighted by Crippen LogP contribution is -2.51. The third kappa shape index (κ3) is 4.47. The standard InChI is InChI=1S/C15H26N2O3/c18-13(6-11-17-9-4-5-10-17)16-15(12-14(19)20)7-2-1-3-8-15/h1-12H2,(H,16,18)(H,19,20). The van der Waals surface area contributed by atoms with Gasteiger partial charge in [0.2, 0.25) is 5.91 Å². The number of hydrogen-bond donors (Lipinski definition) is 2. The van der Waals surface area contributed by atoms with Gasteiger partial charge in [-0.15, -0.1) is 0 Å². The van der Waals surface area contributed by atoms with E-state index in [1.807, 2.05) is 0 Å². The lowest BCUT2D eigenvalue weighted by atomic mass is 9.79. The molecule has 0 aromatic heterocycles. The van der Waals surface area contributed by atoms with Crippen LogP contribution in [0.4, 0.5) is 0 Å². The molecule has 0 radical (unpaired) electrons. The molecule has 0 aromatic rings. The number of likely N-dealkylation sites (tertiary alicyclic amines) is 1. The van der Waals surface area contributed by atoms with Crippen molar-refractivity contribution in [2.24, 2.45) is 0 Å². The Bertz CT molecular complexity index is 345. The van der Waals surface area contributed by atoms with Gasteiger partial charge in [-0.05, 0) is 38.8 Å². The molecule has 0 atom stereocenters. The van der Waals surface area contributed by atoms with Gasteiger partial charge in [0.05, 0.1) is 12.0 Å². The van der Waals surface area contributed by atoms with Crippen LogP contribution >= 0.6 is 0 Å². The van der Waals surface area contributed by atoms with Gasteiger partial charge in [0.15, 0.2) is 0 Å². The van der Waals surface area contributed by atoms with E-state index in [2.05, 4.69) is 10.2 Å². The molecule has 1 heterocycles. The van der Waals surface area contributed by atoms with E-state index >= 15 is 0 Å². The number of carboxylic acid groups (broad SMARTS) is 1. The Morgan fingerprint density at radius 2 is 1.70 bits per heavy atom. The van der Waals surface area contributed by atoms with E-state index in [1.165, 1.54) is 12.8 Å². The fourth-order valence-electron chi connectivity index (χ4n) is 3.49. The SMILES string of the molecule is O=C(O)CC1(NC(=O)CCN2CCCC2)CCCCC1. The summed E-state index contributed by atoms with van der Waals surface area (Å²) in [6.07, 6.45) is 7.77. The van der Waals surface area contributed by atoms with Crippen molar-refractivity contribution in [2.75, 3.05) is 19.6 Å². The zero-order chi connectivity index (χ0) is 14.4. The third-order valence-electron chi connectivity index (χ3n) is 4.56. The Hall–Kier alpha value is -1.10. The molecule has 5 nitrogen and oxygen atoms in total. The second-order valence-corrected chi connectivity index (χ2v) is 6.26. The molecule has 1 saturated heterocycles. The lowest BCUT2D eigenvalue weighted by Gasteiger charge is -2.37. The van der Waals surface area contributed by atoms with E-state index < -0.39 is 11.5 Å². The molecular weight excluding hydrogens is 256 g/mol. The van der Waals surface area contributed by atoms with Gasteiger partial charge in [-0.2, -0.15) is 0 Å². The summed E-state index contributed by atoms with van der Waals surface area (Å²) in [5.74, 6) is -0.799. The molecule has 2 aliphatic rings. The second-order valence-electron chi connectivity index (χ2n) is 6.26. The predicted octanol–water partition coefficient (Wildman–Crippen LogP) is 1.77. The van der Waals surface area contributed by atoms with Crippen molar-refractivity contribution < 1.29 is 14.7 Å². The summed E-state index contributed by atoms with van der Waals surface area (Å²) in [5, 5.41) is 12.1. The average molecular weight is 282 g/mol. The minimum Gasteiger partial charge on any atom is -0.481 e. The fourth-order valence-corrected chi connectivity index (χ4v) is 3.49. The Labute approximate surface area is 120 Å². The summed E-state index contributed by atoms with van der Waals surface area (Å²) in [6.45, 7) is 2.98. The molecule has 20 heavy (non-hydrogen) atoms. The number of aliphatic carboxylic acids is 1. The molecule has 2 rings (SSSR count). The Kier molecular flexibility index (Phi) is 5.40. The van der Waals surface area contributed by atoms with E-state index in [4.69, 9.17) is 5.11 Å². The van der Waals surface area contributed by atoms with Crippen LogP contribution in [0.5, 0.6) is 0 Å². The maximum atomic E-state index is 12.1. The average Bonchev–Trinajstić information content (AvgIpc) is 2.89. The molecule has 0 spiro atoms. The molecule has 0 aromatic carbocycles. The maximum absolute atomic E-state index is 12.1. The molecule has 1 aliphatic heterocycles. The van der Waals surface area contributed by atoms with Crippen LogP contribution in [-0.4, -0.2) is 47.1 Å². The topological polar surface area (TPSA) is 69.6 Å². The van der Waals surface area contributed by atoms with E-state index in [1.54, 1.807) is 0 Å². The van der Waals surface area contributed by atoms with Gasteiger partial charge >= 0.3 is 5.97 Å². The number of carbonyl (C=O) groups excluding carboxylic acids is 1. The van der Waals surface area contributed by atoms with Gasteiger partial charge in [0.1, 0.15) is 0 Å². The summed E-state index contributed by atoms with van der Waals surface area (Å²) in [5.41, 5.74) is -0.494. The minimum absolute atomic E-state index is 0.0139.